The smallest absolute Gasteiger partial charge is 0.275 e. The standard InChI is InChI=1S/C10H13NO5/c1-6-2-3-8(11(15)16)7(4-6)10(14)9(13)5-12/h2-4,9-10,12-14H,5H2,1H3. The molecular formula is C10H13NO5. The highest BCUT2D eigenvalue weighted by molar-refractivity contribution is 5.44. The van der Waals surface area contributed by atoms with Gasteiger partial charge in [0.2, 0.25) is 0 Å². The second kappa shape index (κ2) is 5.02. The van der Waals surface area contributed by atoms with Gasteiger partial charge in [0.1, 0.15) is 12.2 Å². The molecule has 0 aliphatic heterocycles. The Bertz CT molecular complexity index is 393. The Morgan fingerprint density at radius 3 is 2.56 bits per heavy atom. The van der Waals surface area contributed by atoms with Crippen LogP contribution in [0.4, 0.5) is 5.69 Å². The highest BCUT2D eigenvalue weighted by atomic mass is 16.6. The Labute approximate surface area is 91.9 Å². The van der Waals surface area contributed by atoms with Crippen LogP contribution in [-0.4, -0.2) is 33.0 Å². The molecule has 0 saturated carbocycles. The first kappa shape index (κ1) is 12.6. The number of aryl methyl sites for hydroxylation is 1. The summed E-state index contributed by atoms with van der Waals surface area (Å²) in [5.74, 6) is 0. The van der Waals surface area contributed by atoms with Crippen LogP contribution < -0.4 is 0 Å². The number of hydrogen-bond acceptors (Lipinski definition) is 5. The van der Waals surface area contributed by atoms with Crippen molar-refractivity contribution in [2.45, 2.75) is 19.1 Å². The molecule has 0 fully saturated rings. The minimum Gasteiger partial charge on any atom is -0.394 e. The predicted octanol–water partition coefficient (Wildman–Crippen LogP) is 0.290. The summed E-state index contributed by atoms with van der Waals surface area (Å²) in [7, 11) is 0. The predicted molar refractivity (Wildman–Crippen MR) is 55.9 cm³/mol. The summed E-state index contributed by atoms with van der Waals surface area (Å²) in [6.45, 7) is 1.05. The topological polar surface area (TPSA) is 104 Å². The molecule has 0 aliphatic carbocycles. The zero-order valence-electron chi connectivity index (χ0n) is 8.70. The van der Waals surface area contributed by atoms with Crippen molar-refractivity contribution in [1.29, 1.82) is 0 Å². The third kappa shape index (κ3) is 2.54. The lowest BCUT2D eigenvalue weighted by molar-refractivity contribution is -0.386. The van der Waals surface area contributed by atoms with Crippen molar-refractivity contribution in [1.82, 2.24) is 0 Å². The van der Waals surface area contributed by atoms with Crippen molar-refractivity contribution in [3.05, 3.63) is 39.4 Å². The van der Waals surface area contributed by atoms with Gasteiger partial charge in [0.05, 0.1) is 17.1 Å². The Kier molecular flexibility index (Phi) is 3.94. The summed E-state index contributed by atoms with van der Waals surface area (Å²) in [6, 6.07) is 4.22. The molecule has 0 spiro atoms. The number of hydrogen-bond donors (Lipinski definition) is 3. The quantitative estimate of drug-likeness (QED) is 0.506. The van der Waals surface area contributed by atoms with E-state index < -0.39 is 23.7 Å². The van der Waals surface area contributed by atoms with E-state index in [2.05, 4.69) is 0 Å². The summed E-state index contributed by atoms with van der Waals surface area (Å²) in [5.41, 5.74) is 0.460. The molecule has 0 bridgehead atoms. The molecule has 3 N–H and O–H groups in total. The Morgan fingerprint density at radius 2 is 2.06 bits per heavy atom. The first-order valence-electron chi connectivity index (χ1n) is 4.69. The minimum absolute atomic E-state index is 0.00606. The van der Waals surface area contributed by atoms with Crippen LogP contribution in [-0.2, 0) is 0 Å². The largest absolute Gasteiger partial charge is 0.394 e. The zero-order valence-corrected chi connectivity index (χ0v) is 8.70. The fourth-order valence-electron chi connectivity index (χ4n) is 1.38. The zero-order chi connectivity index (χ0) is 12.3. The van der Waals surface area contributed by atoms with Crippen LogP contribution in [0.15, 0.2) is 18.2 Å². The van der Waals surface area contributed by atoms with Crippen LogP contribution in [0.5, 0.6) is 0 Å². The van der Waals surface area contributed by atoms with Gasteiger partial charge in [-0.25, -0.2) is 0 Å². The molecule has 0 radical (unpaired) electrons. The number of benzene rings is 1. The molecule has 1 aromatic rings. The van der Waals surface area contributed by atoms with Gasteiger partial charge in [-0.1, -0.05) is 11.6 Å². The lowest BCUT2D eigenvalue weighted by Gasteiger charge is -2.16. The van der Waals surface area contributed by atoms with Crippen molar-refractivity contribution >= 4 is 5.69 Å². The van der Waals surface area contributed by atoms with E-state index in [-0.39, 0.29) is 11.3 Å². The van der Waals surface area contributed by atoms with E-state index in [1.54, 1.807) is 13.0 Å². The van der Waals surface area contributed by atoms with Crippen LogP contribution in [0, 0.1) is 17.0 Å². The molecular weight excluding hydrogens is 214 g/mol. The first-order valence-corrected chi connectivity index (χ1v) is 4.69. The third-order valence-electron chi connectivity index (χ3n) is 2.25. The van der Waals surface area contributed by atoms with E-state index in [1.165, 1.54) is 12.1 Å². The molecule has 1 aromatic carbocycles. The molecule has 0 heterocycles. The maximum Gasteiger partial charge on any atom is 0.275 e. The molecule has 1 rings (SSSR count). The van der Waals surface area contributed by atoms with Crippen LogP contribution >= 0.6 is 0 Å². The van der Waals surface area contributed by atoms with Gasteiger partial charge in [0.15, 0.2) is 0 Å². The molecule has 6 nitrogen and oxygen atoms in total. The summed E-state index contributed by atoms with van der Waals surface area (Å²) >= 11 is 0. The molecule has 16 heavy (non-hydrogen) atoms. The van der Waals surface area contributed by atoms with Crippen molar-refractivity contribution in [2.75, 3.05) is 6.61 Å². The van der Waals surface area contributed by atoms with Gasteiger partial charge in [0.25, 0.3) is 5.69 Å². The molecule has 2 atom stereocenters. The average molecular weight is 227 g/mol. The Hall–Kier alpha value is -1.50. The van der Waals surface area contributed by atoms with Crippen LogP contribution in [0.1, 0.15) is 17.2 Å². The van der Waals surface area contributed by atoms with E-state index in [0.29, 0.717) is 0 Å². The Morgan fingerprint density at radius 1 is 1.44 bits per heavy atom. The lowest BCUT2D eigenvalue weighted by Crippen LogP contribution is -2.22. The van der Waals surface area contributed by atoms with Crippen LogP contribution in [0.25, 0.3) is 0 Å². The van der Waals surface area contributed by atoms with Crippen molar-refractivity contribution in [3.8, 4) is 0 Å². The molecule has 2 unspecified atom stereocenters. The van der Waals surface area contributed by atoms with Gasteiger partial charge in [-0.05, 0) is 13.0 Å². The highest BCUT2D eigenvalue weighted by Gasteiger charge is 2.25. The number of nitro benzene ring substituents is 1. The lowest BCUT2D eigenvalue weighted by atomic mass is 10.0. The van der Waals surface area contributed by atoms with Crippen molar-refractivity contribution in [3.63, 3.8) is 0 Å². The van der Waals surface area contributed by atoms with E-state index >= 15 is 0 Å². The third-order valence-corrected chi connectivity index (χ3v) is 2.25. The van der Waals surface area contributed by atoms with E-state index in [1.807, 2.05) is 0 Å². The number of nitrogens with zero attached hydrogens (tertiary/aromatic N) is 1. The average Bonchev–Trinajstić information content (AvgIpc) is 2.26. The van der Waals surface area contributed by atoms with Gasteiger partial charge in [-0.2, -0.15) is 0 Å². The van der Waals surface area contributed by atoms with Gasteiger partial charge in [0, 0.05) is 6.07 Å². The van der Waals surface area contributed by atoms with Gasteiger partial charge < -0.3 is 15.3 Å². The van der Waals surface area contributed by atoms with Crippen molar-refractivity contribution in [2.24, 2.45) is 0 Å². The van der Waals surface area contributed by atoms with Crippen molar-refractivity contribution < 1.29 is 20.2 Å². The van der Waals surface area contributed by atoms with Gasteiger partial charge >= 0.3 is 0 Å². The number of aliphatic hydroxyl groups excluding tert-OH is 3. The molecule has 6 heteroatoms. The monoisotopic (exact) mass is 227 g/mol. The molecule has 0 saturated heterocycles. The fourth-order valence-corrected chi connectivity index (χ4v) is 1.38. The van der Waals surface area contributed by atoms with E-state index in [4.69, 9.17) is 5.11 Å². The SMILES string of the molecule is Cc1ccc([N+](=O)[O-])c(C(O)C(O)CO)c1. The Balaban J connectivity index is 3.19. The maximum atomic E-state index is 10.7. The number of rotatable bonds is 4. The first-order chi connectivity index (χ1) is 7.47. The molecule has 0 aromatic heterocycles. The minimum atomic E-state index is -1.47. The van der Waals surface area contributed by atoms with Gasteiger partial charge in [-0.3, -0.25) is 10.1 Å². The van der Waals surface area contributed by atoms with E-state index in [9.17, 15) is 20.3 Å². The highest BCUT2D eigenvalue weighted by Crippen LogP contribution is 2.28. The maximum absolute atomic E-state index is 10.7. The summed E-state index contributed by atoms with van der Waals surface area (Å²) in [6.07, 6.45) is -2.90. The number of aliphatic hydroxyl groups is 3. The van der Waals surface area contributed by atoms with Crippen LogP contribution in [0.3, 0.4) is 0 Å². The molecule has 0 aliphatic rings. The second-order valence-corrected chi connectivity index (χ2v) is 3.51. The van der Waals surface area contributed by atoms with Gasteiger partial charge in [-0.15, -0.1) is 0 Å². The second-order valence-electron chi connectivity index (χ2n) is 3.51. The van der Waals surface area contributed by atoms with Crippen LogP contribution in [0.2, 0.25) is 0 Å². The molecule has 88 valence electrons. The summed E-state index contributed by atoms with van der Waals surface area (Å²) < 4.78 is 0. The summed E-state index contributed by atoms with van der Waals surface area (Å²) in [4.78, 5) is 10.1. The number of nitro groups is 1. The fraction of sp³-hybridized carbons (Fsp3) is 0.400. The van der Waals surface area contributed by atoms with E-state index in [0.717, 1.165) is 5.56 Å². The summed E-state index contributed by atoms with van der Waals surface area (Å²) in [5, 5.41) is 38.3. The molecule has 0 amide bonds. The normalized spacial score (nSPS) is 14.5.